The molecule has 1 heterocycles. The van der Waals surface area contributed by atoms with Crippen LogP contribution in [0.25, 0.3) is 0 Å². The second-order valence-corrected chi connectivity index (χ2v) is 4.70. The fraction of sp³-hybridized carbons (Fsp3) is 0.500. The lowest BCUT2D eigenvalue weighted by Gasteiger charge is -2.29. The topological polar surface area (TPSA) is 47.9 Å². The Kier molecular flexibility index (Phi) is 4.00. The number of hydrogen-bond acceptors (Lipinski definition) is 3. The van der Waals surface area contributed by atoms with Gasteiger partial charge < -0.3 is 10.6 Å². The van der Waals surface area contributed by atoms with E-state index in [1.807, 2.05) is 24.3 Å². The molecule has 1 saturated heterocycles. The van der Waals surface area contributed by atoms with Crippen molar-refractivity contribution in [1.82, 2.24) is 5.32 Å². The van der Waals surface area contributed by atoms with Gasteiger partial charge in [0.15, 0.2) is 0 Å². The van der Waals surface area contributed by atoms with Crippen molar-refractivity contribution in [3.05, 3.63) is 29.8 Å². The van der Waals surface area contributed by atoms with Crippen LogP contribution in [0.5, 0.6) is 0 Å². The normalized spacial score (nSPS) is 21.5. The number of piperidine rings is 1. The summed E-state index contributed by atoms with van der Waals surface area (Å²) in [6.07, 6.45) is 2.51. The van der Waals surface area contributed by atoms with Crippen molar-refractivity contribution >= 4 is 5.69 Å². The van der Waals surface area contributed by atoms with Crippen molar-refractivity contribution in [2.75, 3.05) is 18.4 Å². The standard InChI is InChI=1S/C14H19N3/c1-11(13-6-4-8-16-10-13)17-14-7-3-2-5-12(14)9-15/h2-3,5,7,11,13,16-17H,4,6,8,10H2,1H3. The van der Waals surface area contributed by atoms with Gasteiger partial charge in [-0.1, -0.05) is 12.1 Å². The molecule has 1 aliphatic heterocycles. The molecule has 2 N–H and O–H groups in total. The van der Waals surface area contributed by atoms with Gasteiger partial charge in [-0.2, -0.15) is 5.26 Å². The fourth-order valence-corrected chi connectivity index (χ4v) is 2.38. The molecule has 2 rings (SSSR count). The molecular weight excluding hydrogens is 210 g/mol. The van der Waals surface area contributed by atoms with E-state index >= 15 is 0 Å². The quantitative estimate of drug-likeness (QED) is 0.836. The van der Waals surface area contributed by atoms with E-state index in [9.17, 15) is 0 Å². The zero-order valence-electron chi connectivity index (χ0n) is 10.2. The highest BCUT2D eigenvalue weighted by molar-refractivity contribution is 5.57. The molecule has 1 aliphatic rings. The zero-order valence-corrected chi connectivity index (χ0v) is 10.2. The second kappa shape index (κ2) is 5.70. The van der Waals surface area contributed by atoms with Crippen LogP contribution in [-0.4, -0.2) is 19.1 Å². The van der Waals surface area contributed by atoms with Gasteiger partial charge in [0.25, 0.3) is 0 Å². The van der Waals surface area contributed by atoms with Gasteiger partial charge in [-0.3, -0.25) is 0 Å². The first-order valence-corrected chi connectivity index (χ1v) is 6.27. The number of para-hydroxylation sites is 1. The monoisotopic (exact) mass is 229 g/mol. The van der Waals surface area contributed by atoms with Crippen LogP contribution < -0.4 is 10.6 Å². The zero-order chi connectivity index (χ0) is 12.1. The Morgan fingerprint density at radius 3 is 3.00 bits per heavy atom. The lowest BCUT2D eigenvalue weighted by atomic mass is 9.92. The molecule has 1 fully saturated rings. The molecule has 1 aromatic rings. The van der Waals surface area contributed by atoms with Crippen LogP contribution in [0.4, 0.5) is 5.69 Å². The third-order valence-corrected chi connectivity index (χ3v) is 3.47. The number of anilines is 1. The Bertz CT molecular complexity index is 402. The highest BCUT2D eigenvalue weighted by Crippen LogP contribution is 2.20. The summed E-state index contributed by atoms with van der Waals surface area (Å²) in [7, 11) is 0. The molecule has 3 heteroatoms. The number of nitrogens with one attached hydrogen (secondary N) is 2. The van der Waals surface area contributed by atoms with Crippen molar-refractivity contribution < 1.29 is 0 Å². The van der Waals surface area contributed by atoms with Crippen molar-refractivity contribution in [2.45, 2.75) is 25.8 Å². The Balaban J connectivity index is 2.02. The number of benzene rings is 1. The van der Waals surface area contributed by atoms with Gasteiger partial charge in [-0.05, 0) is 50.9 Å². The summed E-state index contributed by atoms with van der Waals surface area (Å²) >= 11 is 0. The van der Waals surface area contributed by atoms with Crippen LogP contribution in [0.3, 0.4) is 0 Å². The summed E-state index contributed by atoms with van der Waals surface area (Å²) in [5.74, 6) is 0.649. The van der Waals surface area contributed by atoms with Gasteiger partial charge in [0.1, 0.15) is 6.07 Å². The summed E-state index contributed by atoms with van der Waals surface area (Å²) in [5, 5.41) is 15.9. The Hall–Kier alpha value is -1.53. The molecule has 0 bridgehead atoms. The molecule has 17 heavy (non-hydrogen) atoms. The van der Waals surface area contributed by atoms with Crippen LogP contribution in [0, 0.1) is 17.2 Å². The van der Waals surface area contributed by atoms with Crippen LogP contribution in [0.1, 0.15) is 25.3 Å². The second-order valence-electron chi connectivity index (χ2n) is 4.70. The number of rotatable bonds is 3. The average Bonchev–Trinajstić information content (AvgIpc) is 2.40. The summed E-state index contributed by atoms with van der Waals surface area (Å²) in [5.41, 5.74) is 1.68. The highest BCUT2D eigenvalue weighted by atomic mass is 15.0. The predicted octanol–water partition coefficient (Wildman–Crippen LogP) is 2.36. The summed E-state index contributed by atoms with van der Waals surface area (Å²) in [6, 6.07) is 10.3. The molecule has 1 aromatic carbocycles. The molecule has 0 aromatic heterocycles. The smallest absolute Gasteiger partial charge is 0.101 e. The van der Waals surface area contributed by atoms with E-state index in [1.165, 1.54) is 12.8 Å². The Morgan fingerprint density at radius 2 is 2.29 bits per heavy atom. The molecule has 3 nitrogen and oxygen atoms in total. The first-order valence-electron chi connectivity index (χ1n) is 6.27. The molecule has 0 amide bonds. The average molecular weight is 229 g/mol. The SMILES string of the molecule is CC(Nc1ccccc1C#N)C1CCCNC1. The molecule has 0 saturated carbocycles. The van der Waals surface area contributed by atoms with Crippen LogP contribution in [0.2, 0.25) is 0 Å². The molecule has 0 radical (unpaired) electrons. The van der Waals surface area contributed by atoms with Gasteiger partial charge in [0.05, 0.1) is 11.3 Å². The largest absolute Gasteiger partial charge is 0.381 e. The molecule has 2 atom stereocenters. The third-order valence-electron chi connectivity index (χ3n) is 3.47. The number of nitriles is 1. The maximum Gasteiger partial charge on any atom is 0.101 e. The third kappa shape index (κ3) is 2.98. The summed E-state index contributed by atoms with van der Waals surface area (Å²) in [6.45, 7) is 4.41. The van der Waals surface area contributed by atoms with E-state index in [4.69, 9.17) is 5.26 Å². The van der Waals surface area contributed by atoms with Gasteiger partial charge in [0, 0.05) is 6.04 Å². The maximum atomic E-state index is 9.04. The molecule has 2 unspecified atom stereocenters. The number of nitrogens with zero attached hydrogens (tertiary/aromatic N) is 1. The van der Waals surface area contributed by atoms with E-state index in [2.05, 4.69) is 23.6 Å². The van der Waals surface area contributed by atoms with Crippen molar-refractivity contribution in [1.29, 1.82) is 5.26 Å². The van der Waals surface area contributed by atoms with E-state index in [0.717, 1.165) is 24.3 Å². The highest BCUT2D eigenvalue weighted by Gasteiger charge is 2.20. The lowest BCUT2D eigenvalue weighted by molar-refractivity contribution is 0.347. The Morgan fingerprint density at radius 1 is 1.47 bits per heavy atom. The van der Waals surface area contributed by atoms with E-state index in [-0.39, 0.29) is 0 Å². The molecular formula is C14H19N3. The van der Waals surface area contributed by atoms with Gasteiger partial charge in [-0.15, -0.1) is 0 Å². The van der Waals surface area contributed by atoms with Crippen molar-refractivity contribution in [2.24, 2.45) is 5.92 Å². The maximum absolute atomic E-state index is 9.04. The molecule has 0 spiro atoms. The van der Waals surface area contributed by atoms with Crippen LogP contribution >= 0.6 is 0 Å². The van der Waals surface area contributed by atoms with Crippen LogP contribution in [0.15, 0.2) is 24.3 Å². The predicted molar refractivity (Wildman–Crippen MR) is 69.8 cm³/mol. The lowest BCUT2D eigenvalue weighted by Crippen LogP contribution is -2.38. The summed E-state index contributed by atoms with van der Waals surface area (Å²) < 4.78 is 0. The summed E-state index contributed by atoms with van der Waals surface area (Å²) in [4.78, 5) is 0. The molecule has 90 valence electrons. The number of hydrogen-bond donors (Lipinski definition) is 2. The van der Waals surface area contributed by atoms with E-state index in [0.29, 0.717) is 12.0 Å². The van der Waals surface area contributed by atoms with Gasteiger partial charge in [0.2, 0.25) is 0 Å². The van der Waals surface area contributed by atoms with E-state index < -0.39 is 0 Å². The van der Waals surface area contributed by atoms with Crippen molar-refractivity contribution in [3.63, 3.8) is 0 Å². The minimum atomic E-state index is 0.400. The molecule has 0 aliphatic carbocycles. The minimum Gasteiger partial charge on any atom is -0.381 e. The van der Waals surface area contributed by atoms with Crippen molar-refractivity contribution in [3.8, 4) is 6.07 Å². The Labute approximate surface area is 103 Å². The van der Waals surface area contributed by atoms with Gasteiger partial charge >= 0.3 is 0 Å². The minimum absolute atomic E-state index is 0.400. The first-order chi connectivity index (χ1) is 8.31. The van der Waals surface area contributed by atoms with Gasteiger partial charge in [-0.25, -0.2) is 0 Å². The first kappa shape index (κ1) is 11.9. The van der Waals surface area contributed by atoms with E-state index in [1.54, 1.807) is 0 Å². The fourth-order valence-electron chi connectivity index (χ4n) is 2.38. The van der Waals surface area contributed by atoms with Crippen LogP contribution in [-0.2, 0) is 0 Å².